The lowest BCUT2D eigenvalue weighted by atomic mass is 10.2. The molecule has 2 aromatic heterocycles. The maximum Gasteiger partial charge on any atom is 0.328 e. The second-order valence-corrected chi connectivity index (χ2v) is 8.66. The van der Waals surface area contributed by atoms with E-state index >= 15 is 0 Å². The molecule has 3 heterocycles. The second kappa shape index (κ2) is 6.32. The average Bonchev–Trinajstić information content (AvgIpc) is 3.20. The molecule has 27 heavy (non-hydrogen) atoms. The second-order valence-electron chi connectivity index (χ2n) is 6.72. The van der Waals surface area contributed by atoms with Crippen molar-refractivity contribution in [3.8, 4) is 0 Å². The summed E-state index contributed by atoms with van der Waals surface area (Å²) in [5.74, 6) is 0. The number of nitrogens with zero attached hydrogens (tertiary/aromatic N) is 5. The van der Waals surface area contributed by atoms with Crippen LogP contribution in [-0.2, 0) is 35.9 Å². The number of aryl methyl sites for hydroxylation is 3. The summed E-state index contributed by atoms with van der Waals surface area (Å²) in [5.41, 5.74) is 1.93. The molecule has 0 N–H and O–H groups in total. The SMILES string of the molecule is Cn1cc(C2CN(S(=O)(=O)c3ccc4c(c3)n(C)c(=O)n4C)CCO2)cn1. The molecule has 3 aromatic rings. The molecule has 1 unspecified atom stereocenters. The molecule has 1 aliphatic heterocycles. The Bertz CT molecular complexity index is 1170. The molecule has 0 amide bonds. The van der Waals surface area contributed by atoms with Gasteiger partial charge in [-0.1, -0.05) is 0 Å². The Hall–Kier alpha value is -2.43. The predicted octanol–water partition coefficient (Wildman–Crippen LogP) is 0.373. The molecule has 4 rings (SSSR count). The van der Waals surface area contributed by atoms with Gasteiger partial charge in [0.1, 0.15) is 0 Å². The Kier molecular flexibility index (Phi) is 4.21. The van der Waals surface area contributed by atoms with Crippen LogP contribution < -0.4 is 5.69 Å². The van der Waals surface area contributed by atoms with Crippen LogP contribution in [-0.4, -0.2) is 51.3 Å². The fourth-order valence-electron chi connectivity index (χ4n) is 3.45. The molecule has 10 heteroatoms. The van der Waals surface area contributed by atoms with Crippen LogP contribution in [0.5, 0.6) is 0 Å². The predicted molar refractivity (Wildman–Crippen MR) is 98.8 cm³/mol. The van der Waals surface area contributed by atoms with Crippen molar-refractivity contribution in [1.29, 1.82) is 0 Å². The number of sulfonamides is 1. The molecule has 0 aliphatic carbocycles. The van der Waals surface area contributed by atoms with E-state index in [1.54, 1.807) is 50.2 Å². The van der Waals surface area contributed by atoms with Crippen LogP contribution in [0, 0.1) is 0 Å². The molecule has 0 bridgehead atoms. The van der Waals surface area contributed by atoms with Gasteiger partial charge in [-0.25, -0.2) is 13.2 Å². The van der Waals surface area contributed by atoms with E-state index in [-0.39, 0.29) is 29.8 Å². The Labute approximate surface area is 156 Å². The van der Waals surface area contributed by atoms with Gasteiger partial charge in [0.15, 0.2) is 0 Å². The van der Waals surface area contributed by atoms with E-state index in [9.17, 15) is 13.2 Å². The zero-order valence-electron chi connectivity index (χ0n) is 15.4. The van der Waals surface area contributed by atoms with Crippen molar-refractivity contribution in [1.82, 2.24) is 23.2 Å². The van der Waals surface area contributed by atoms with E-state index < -0.39 is 10.0 Å². The smallest absolute Gasteiger partial charge is 0.328 e. The summed E-state index contributed by atoms with van der Waals surface area (Å²) < 4.78 is 38.1. The number of rotatable bonds is 3. The van der Waals surface area contributed by atoms with Gasteiger partial charge >= 0.3 is 5.69 Å². The quantitative estimate of drug-likeness (QED) is 0.643. The van der Waals surface area contributed by atoms with Crippen LogP contribution >= 0.6 is 0 Å². The lowest BCUT2D eigenvalue weighted by Gasteiger charge is -2.31. The minimum atomic E-state index is -3.71. The number of benzene rings is 1. The summed E-state index contributed by atoms with van der Waals surface area (Å²) in [6, 6.07) is 4.77. The number of hydrogen-bond acceptors (Lipinski definition) is 5. The molecule has 0 spiro atoms. The van der Waals surface area contributed by atoms with Gasteiger partial charge in [-0.15, -0.1) is 0 Å². The lowest BCUT2D eigenvalue weighted by molar-refractivity contribution is -0.00259. The van der Waals surface area contributed by atoms with Gasteiger partial charge < -0.3 is 4.74 Å². The normalized spacial score (nSPS) is 19.0. The van der Waals surface area contributed by atoms with E-state index in [2.05, 4.69) is 5.10 Å². The highest BCUT2D eigenvalue weighted by Crippen LogP contribution is 2.27. The highest BCUT2D eigenvalue weighted by molar-refractivity contribution is 7.89. The molecule has 0 radical (unpaired) electrons. The first-order valence-corrected chi connectivity index (χ1v) is 9.99. The van der Waals surface area contributed by atoms with Gasteiger partial charge in [-0.3, -0.25) is 13.8 Å². The number of fused-ring (bicyclic) bond motifs is 1. The molecular weight excluding hydrogens is 370 g/mol. The highest BCUT2D eigenvalue weighted by Gasteiger charge is 2.32. The number of imidazole rings is 1. The minimum Gasteiger partial charge on any atom is -0.371 e. The lowest BCUT2D eigenvalue weighted by Crippen LogP contribution is -2.42. The number of hydrogen-bond donors (Lipinski definition) is 0. The van der Waals surface area contributed by atoms with Crippen molar-refractivity contribution in [2.24, 2.45) is 21.1 Å². The van der Waals surface area contributed by atoms with E-state index in [1.165, 1.54) is 13.4 Å². The summed E-state index contributed by atoms with van der Waals surface area (Å²) in [6.07, 6.45) is 3.16. The van der Waals surface area contributed by atoms with Crippen LogP contribution in [0.3, 0.4) is 0 Å². The zero-order chi connectivity index (χ0) is 19.3. The van der Waals surface area contributed by atoms with Gasteiger partial charge in [0.05, 0.1) is 34.8 Å². The monoisotopic (exact) mass is 391 g/mol. The highest BCUT2D eigenvalue weighted by atomic mass is 32.2. The topological polar surface area (TPSA) is 91.4 Å². The molecule has 1 atom stereocenters. The Morgan fingerprint density at radius 3 is 2.59 bits per heavy atom. The summed E-state index contributed by atoms with van der Waals surface area (Å²) in [6.45, 7) is 0.815. The van der Waals surface area contributed by atoms with Gasteiger partial charge in [0.25, 0.3) is 0 Å². The van der Waals surface area contributed by atoms with Crippen molar-refractivity contribution >= 4 is 21.1 Å². The van der Waals surface area contributed by atoms with Gasteiger partial charge in [-0.05, 0) is 18.2 Å². The van der Waals surface area contributed by atoms with Crippen LogP contribution in [0.1, 0.15) is 11.7 Å². The molecule has 0 saturated carbocycles. The maximum absolute atomic E-state index is 13.2. The standard InChI is InChI=1S/C17H21N5O4S/c1-19-10-12(9-18-19)16-11-22(6-7-26-16)27(24,25)13-4-5-14-15(8-13)21(3)17(23)20(14)2/h4-5,8-10,16H,6-7,11H2,1-3H3. The summed E-state index contributed by atoms with van der Waals surface area (Å²) >= 11 is 0. The van der Waals surface area contributed by atoms with E-state index in [4.69, 9.17) is 4.74 Å². The summed E-state index contributed by atoms with van der Waals surface area (Å²) in [5, 5.41) is 4.13. The van der Waals surface area contributed by atoms with E-state index in [1.807, 2.05) is 6.20 Å². The fraction of sp³-hybridized carbons (Fsp3) is 0.412. The fourth-order valence-corrected chi connectivity index (χ4v) is 4.89. The van der Waals surface area contributed by atoms with Gasteiger partial charge in [0.2, 0.25) is 10.0 Å². The maximum atomic E-state index is 13.2. The van der Waals surface area contributed by atoms with Gasteiger partial charge in [-0.2, -0.15) is 9.40 Å². The molecule has 144 valence electrons. The number of aromatic nitrogens is 4. The first-order valence-electron chi connectivity index (χ1n) is 8.55. The van der Waals surface area contributed by atoms with E-state index in [0.717, 1.165) is 5.56 Å². The Morgan fingerprint density at radius 1 is 1.15 bits per heavy atom. The summed E-state index contributed by atoms with van der Waals surface area (Å²) in [4.78, 5) is 12.3. The number of morpholine rings is 1. The van der Waals surface area contributed by atoms with Crippen LogP contribution in [0.2, 0.25) is 0 Å². The minimum absolute atomic E-state index is 0.169. The van der Waals surface area contributed by atoms with Gasteiger partial charge in [0, 0.05) is 46.0 Å². The molecule has 1 aromatic carbocycles. The van der Waals surface area contributed by atoms with Crippen LogP contribution in [0.15, 0.2) is 40.3 Å². The first kappa shape index (κ1) is 18.0. The Morgan fingerprint density at radius 2 is 1.89 bits per heavy atom. The third-order valence-electron chi connectivity index (χ3n) is 5.01. The molecule has 9 nitrogen and oxygen atoms in total. The zero-order valence-corrected chi connectivity index (χ0v) is 16.2. The summed E-state index contributed by atoms with van der Waals surface area (Å²) in [7, 11) is 1.40. The van der Waals surface area contributed by atoms with Crippen molar-refractivity contribution in [3.63, 3.8) is 0 Å². The third kappa shape index (κ3) is 2.89. The van der Waals surface area contributed by atoms with Crippen molar-refractivity contribution in [2.45, 2.75) is 11.0 Å². The molecule has 1 aliphatic rings. The van der Waals surface area contributed by atoms with Crippen molar-refractivity contribution in [2.75, 3.05) is 19.7 Å². The molecule has 1 saturated heterocycles. The van der Waals surface area contributed by atoms with Crippen molar-refractivity contribution < 1.29 is 13.2 Å². The number of ether oxygens (including phenoxy) is 1. The van der Waals surface area contributed by atoms with E-state index in [0.29, 0.717) is 17.6 Å². The van der Waals surface area contributed by atoms with Crippen molar-refractivity contribution in [3.05, 3.63) is 46.6 Å². The third-order valence-corrected chi connectivity index (χ3v) is 6.87. The first-order chi connectivity index (χ1) is 12.8. The molecule has 1 fully saturated rings. The Balaban J connectivity index is 1.69. The average molecular weight is 391 g/mol. The largest absolute Gasteiger partial charge is 0.371 e. The molecular formula is C17H21N5O4S. The van der Waals surface area contributed by atoms with Crippen LogP contribution in [0.25, 0.3) is 11.0 Å². The van der Waals surface area contributed by atoms with Crippen LogP contribution in [0.4, 0.5) is 0 Å².